The molecule has 0 aliphatic heterocycles. The average Bonchev–Trinajstić information content (AvgIpc) is 3.20. The van der Waals surface area contributed by atoms with E-state index in [1.54, 1.807) is 13.8 Å². The first-order valence-corrected chi connectivity index (χ1v) is 9.70. The highest BCUT2D eigenvalue weighted by Gasteiger charge is 2.55. The molecule has 1 unspecified atom stereocenters. The third-order valence-corrected chi connectivity index (χ3v) is 7.88. The third kappa shape index (κ3) is 3.40. The van der Waals surface area contributed by atoms with E-state index in [1.807, 2.05) is 31.2 Å². The Bertz CT molecular complexity index is 518. The lowest BCUT2D eigenvalue weighted by Gasteiger charge is -2.16. The first-order valence-electron chi connectivity index (χ1n) is 6.88. The number of rotatable bonds is 7. The molecule has 1 aliphatic rings. The van der Waals surface area contributed by atoms with Gasteiger partial charge in [0.1, 0.15) is 0 Å². The standard InChI is InChI=1S/C14H21O4PS/c1-4-17-19(15,18-5-2)13-10-14(13)20(16)12-8-6-11(3)7-9-12/h6-9,13-14H,4-5,10H2,1-3H3/t13-,14-,20?/m0/s1. The summed E-state index contributed by atoms with van der Waals surface area (Å²) in [6.45, 7) is 6.26. The van der Waals surface area contributed by atoms with E-state index in [2.05, 4.69) is 0 Å². The Labute approximate surface area is 122 Å². The Morgan fingerprint density at radius 2 is 1.75 bits per heavy atom. The summed E-state index contributed by atoms with van der Waals surface area (Å²) in [6, 6.07) is 7.62. The monoisotopic (exact) mass is 316 g/mol. The Morgan fingerprint density at radius 1 is 1.20 bits per heavy atom. The molecule has 4 nitrogen and oxygen atoms in total. The number of hydrogen-bond acceptors (Lipinski definition) is 4. The van der Waals surface area contributed by atoms with Gasteiger partial charge in [-0.25, -0.2) is 0 Å². The number of benzene rings is 1. The summed E-state index contributed by atoms with van der Waals surface area (Å²) in [5, 5.41) is -0.123. The minimum atomic E-state index is -3.11. The highest BCUT2D eigenvalue weighted by molar-refractivity contribution is 7.86. The molecule has 0 aromatic heterocycles. The summed E-state index contributed by atoms with van der Waals surface area (Å²) >= 11 is 0. The molecule has 1 saturated carbocycles. The predicted octanol–water partition coefficient (Wildman–Crippen LogP) is 3.51. The van der Waals surface area contributed by atoms with Crippen molar-refractivity contribution in [2.75, 3.05) is 13.2 Å². The molecule has 1 aromatic rings. The van der Waals surface area contributed by atoms with Crippen LogP contribution < -0.4 is 0 Å². The molecule has 1 aromatic carbocycles. The maximum absolute atomic E-state index is 12.6. The fraction of sp³-hybridized carbons (Fsp3) is 0.571. The normalized spacial score (nSPS) is 23.6. The first-order chi connectivity index (χ1) is 9.51. The highest BCUT2D eigenvalue weighted by atomic mass is 32.2. The summed E-state index contributed by atoms with van der Waals surface area (Å²) in [7, 11) is -4.26. The van der Waals surface area contributed by atoms with Gasteiger partial charge in [-0.1, -0.05) is 17.7 Å². The minimum absolute atomic E-state index is 0.123. The van der Waals surface area contributed by atoms with Gasteiger partial charge in [0.25, 0.3) is 0 Å². The summed E-state index contributed by atoms with van der Waals surface area (Å²) < 4.78 is 35.7. The fourth-order valence-corrected chi connectivity index (χ4v) is 6.57. The van der Waals surface area contributed by atoms with Crippen LogP contribution in [-0.2, 0) is 24.4 Å². The van der Waals surface area contributed by atoms with E-state index in [9.17, 15) is 8.77 Å². The van der Waals surface area contributed by atoms with Crippen LogP contribution in [0.3, 0.4) is 0 Å². The number of hydrogen-bond donors (Lipinski definition) is 0. The van der Waals surface area contributed by atoms with E-state index in [-0.39, 0.29) is 10.9 Å². The van der Waals surface area contributed by atoms with Crippen LogP contribution in [0.15, 0.2) is 29.2 Å². The molecule has 0 amide bonds. The van der Waals surface area contributed by atoms with Gasteiger partial charge in [0, 0.05) is 4.90 Å². The van der Waals surface area contributed by atoms with Crippen LogP contribution in [0.25, 0.3) is 0 Å². The molecule has 20 heavy (non-hydrogen) atoms. The van der Waals surface area contributed by atoms with Crippen molar-refractivity contribution < 1.29 is 17.8 Å². The van der Waals surface area contributed by atoms with Gasteiger partial charge in [-0.05, 0) is 39.3 Å². The maximum atomic E-state index is 12.6. The summed E-state index contributed by atoms with van der Waals surface area (Å²) in [5.74, 6) is 0. The Morgan fingerprint density at radius 3 is 2.25 bits per heavy atom. The van der Waals surface area contributed by atoms with Gasteiger partial charge in [-0.15, -0.1) is 0 Å². The zero-order chi connectivity index (χ0) is 14.8. The second-order valence-electron chi connectivity index (χ2n) is 4.83. The van der Waals surface area contributed by atoms with Crippen LogP contribution in [0, 0.1) is 6.92 Å². The summed E-state index contributed by atoms with van der Waals surface area (Å²) in [4.78, 5) is 0.780. The van der Waals surface area contributed by atoms with Crippen molar-refractivity contribution in [2.24, 2.45) is 0 Å². The molecule has 0 spiro atoms. The molecule has 112 valence electrons. The second-order valence-corrected chi connectivity index (χ2v) is 8.76. The molecule has 0 N–H and O–H groups in total. The van der Waals surface area contributed by atoms with Crippen molar-refractivity contribution in [3.05, 3.63) is 29.8 Å². The lowest BCUT2D eigenvalue weighted by Crippen LogP contribution is -2.08. The summed E-state index contributed by atoms with van der Waals surface area (Å²) in [6.07, 6.45) is 0.637. The molecular weight excluding hydrogens is 295 g/mol. The van der Waals surface area contributed by atoms with Gasteiger partial charge in [0.2, 0.25) is 0 Å². The van der Waals surface area contributed by atoms with E-state index in [0.717, 1.165) is 10.5 Å². The van der Waals surface area contributed by atoms with Gasteiger partial charge in [-0.3, -0.25) is 8.77 Å². The minimum Gasteiger partial charge on any atom is -0.309 e. The molecule has 1 fully saturated rings. The van der Waals surface area contributed by atoms with E-state index in [1.165, 1.54) is 0 Å². The zero-order valence-electron chi connectivity index (χ0n) is 12.1. The highest BCUT2D eigenvalue weighted by Crippen LogP contribution is 2.64. The molecule has 0 bridgehead atoms. The van der Waals surface area contributed by atoms with E-state index < -0.39 is 18.4 Å². The van der Waals surface area contributed by atoms with Crippen molar-refractivity contribution in [1.29, 1.82) is 0 Å². The SMILES string of the molecule is CCOP(=O)(OCC)[C@H]1C[C@@H]1S(=O)c1ccc(C)cc1. The quantitative estimate of drug-likeness (QED) is 0.722. The van der Waals surface area contributed by atoms with Crippen LogP contribution in [-0.4, -0.2) is 28.3 Å². The van der Waals surface area contributed by atoms with Crippen LogP contribution in [0.4, 0.5) is 0 Å². The van der Waals surface area contributed by atoms with Gasteiger partial charge < -0.3 is 9.05 Å². The number of aryl methyl sites for hydroxylation is 1. The van der Waals surface area contributed by atoms with Crippen molar-refractivity contribution in [1.82, 2.24) is 0 Å². The zero-order valence-corrected chi connectivity index (χ0v) is 13.8. The van der Waals surface area contributed by atoms with E-state index >= 15 is 0 Å². The summed E-state index contributed by atoms with van der Waals surface area (Å²) in [5.41, 5.74) is 0.900. The van der Waals surface area contributed by atoms with Crippen molar-refractivity contribution in [2.45, 2.75) is 43.0 Å². The van der Waals surface area contributed by atoms with Gasteiger partial charge in [-0.2, -0.15) is 0 Å². The topological polar surface area (TPSA) is 52.6 Å². The average molecular weight is 316 g/mol. The Balaban J connectivity index is 2.08. The molecule has 0 saturated heterocycles. The largest absolute Gasteiger partial charge is 0.334 e. The van der Waals surface area contributed by atoms with Crippen LogP contribution in [0.2, 0.25) is 0 Å². The van der Waals surface area contributed by atoms with E-state index in [0.29, 0.717) is 19.6 Å². The smallest absolute Gasteiger partial charge is 0.309 e. The predicted molar refractivity (Wildman–Crippen MR) is 80.6 cm³/mol. The van der Waals surface area contributed by atoms with Crippen molar-refractivity contribution in [3.63, 3.8) is 0 Å². The lowest BCUT2D eigenvalue weighted by atomic mass is 10.2. The maximum Gasteiger partial charge on any atom is 0.334 e. The van der Waals surface area contributed by atoms with Crippen molar-refractivity contribution >= 4 is 18.4 Å². The van der Waals surface area contributed by atoms with Crippen LogP contribution in [0.1, 0.15) is 25.8 Å². The van der Waals surface area contributed by atoms with Gasteiger partial charge >= 0.3 is 7.60 Å². The molecule has 1 aliphatic carbocycles. The Kier molecular flexibility index (Phi) is 5.19. The van der Waals surface area contributed by atoms with Crippen LogP contribution in [0.5, 0.6) is 0 Å². The molecular formula is C14H21O4PS. The Hall–Kier alpha value is -0.480. The second kappa shape index (κ2) is 6.52. The third-order valence-electron chi connectivity index (χ3n) is 3.25. The van der Waals surface area contributed by atoms with Gasteiger partial charge in [0.05, 0.1) is 34.9 Å². The molecule has 6 heteroatoms. The van der Waals surface area contributed by atoms with Crippen molar-refractivity contribution in [3.8, 4) is 0 Å². The molecule has 0 radical (unpaired) electrons. The van der Waals surface area contributed by atoms with Gasteiger partial charge in [0.15, 0.2) is 0 Å². The lowest BCUT2D eigenvalue weighted by molar-refractivity contribution is 0.219. The van der Waals surface area contributed by atoms with Crippen LogP contribution >= 0.6 is 7.60 Å². The molecule has 2 rings (SSSR count). The van der Waals surface area contributed by atoms with E-state index in [4.69, 9.17) is 9.05 Å². The first kappa shape index (κ1) is 15.9. The molecule has 0 heterocycles. The fourth-order valence-electron chi connectivity index (χ4n) is 2.16. The molecule has 3 atom stereocenters.